The van der Waals surface area contributed by atoms with Gasteiger partial charge in [-0.05, 0) is 24.3 Å². The maximum atomic E-state index is 5.95. The summed E-state index contributed by atoms with van der Waals surface area (Å²) in [6.45, 7) is 2.09. The molecule has 0 aromatic carbocycles. The van der Waals surface area contributed by atoms with Crippen molar-refractivity contribution in [2.45, 2.75) is 18.4 Å². The van der Waals surface area contributed by atoms with E-state index in [2.05, 4.69) is 15.3 Å². The van der Waals surface area contributed by atoms with E-state index in [1.807, 2.05) is 11.4 Å². The lowest BCUT2D eigenvalue weighted by Gasteiger charge is -2.37. The average molecular weight is 264 g/mol. The summed E-state index contributed by atoms with van der Waals surface area (Å²) in [6, 6.07) is 2.05. The molecular weight excluding hydrogens is 248 g/mol. The van der Waals surface area contributed by atoms with E-state index in [1.165, 1.54) is 0 Å². The van der Waals surface area contributed by atoms with Crippen LogP contribution in [0.25, 0.3) is 10.2 Å². The minimum absolute atomic E-state index is 0.0958. The predicted octanol–water partition coefficient (Wildman–Crippen LogP) is 1.61. The van der Waals surface area contributed by atoms with Gasteiger partial charge in [0.1, 0.15) is 17.0 Å². The molecule has 18 heavy (non-hydrogen) atoms. The Hall–Kier alpha value is -1.24. The van der Waals surface area contributed by atoms with Crippen molar-refractivity contribution in [1.82, 2.24) is 9.97 Å². The van der Waals surface area contributed by atoms with Gasteiger partial charge in [-0.1, -0.05) is 0 Å². The Morgan fingerprint density at radius 2 is 2.22 bits per heavy atom. The SMILES string of the molecule is NCC1(Nc2ncnc3sccc23)CCOCC1. The van der Waals surface area contributed by atoms with Crippen LogP contribution in [0.3, 0.4) is 0 Å². The minimum atomic E-state index is -0.0958. The molecular formula is C12H16N4OS. The van der Waals surface area contributed by atoms with E-state index in [9.17, 15) is 0 Å². The largest absolute Gasteiger partial charge is 0.381 e. The van der Waals surface area contributed by atoms with E-state index in [4.69, 9.17) is 10.5 Å². The van der Waals surface area contributed by atoms with Gasteiger partial charge >= 0.3 is 0 Å². The molecule has 2 aromatic heterocycles. The van der Waals surface area contributed by atoms with Crippen LogP contribution < -0.4 is 11.1 Å². The van der Waals surface area contributed by atoms with Gasteiger partial charge in [0.15, 0.2) is 0 Å². The Morgan fingerprint density at radius 3 is 3.00 bits per heavy atom. The molecule has 1 aliphatic heterocycles. The Labute approximate surface area is 109 Å². The van der Waals surface area contributed by atoms with E-state index >= 15 is 0 Å². The Morgan fingerprint density at radius 1 is 1.39 bits per heavy atom. The third kappa shape index (κ3) is 2.07. The van der Waals surface area contributed by atoms with Crippen LogP contribution in [0.15, 0.2) is 17.8 Å². The fourth-order valence-corrected chi connectivity index (χ4v) is 3.02. The summed E-state index contributed by atoms with van der Waals surface area (Å²) < 4.78 is 5.41. The second kappa shape index (κ2) is 4.79. The summed E-state index contributed by atoms with van der Waals surface area (Å²) >= 11 is 1.62. The number of rotatable bonds is 3. The number of nitrogens with two attached hydrogens (primary N) is 1. The lowest BCUT2D eigenvalue weighted by atomic mass is 9.90. The van der Waals surface area contributed by atoms with Crippen LogP contribution in [0, 0.1) is 0 Å². The second-order valence-electron chi connectivity index (χ2n) is 4.58. The first-order chi connectivity index (χ1) is 8.83. The molecule has 0 spiro atoms. The smallest absolute Gasteiger partial charge is 0.138 e. The van der Waals surface area contributed by atoms with Crippen LogP contribution in [-0.4, -0.2) is 35.3 Å². The number of fused-ring (bicyclic) bond motifs is 1. The highest BCUT2D eigenvalue weighted by Crippen LogP contribution is 2.29. The first kappa shape index (κ1) is 11.8. The van der Waals surface area contributed by atoms with E-state index in [0.29, 0.717) is 6.54 Å². The van der Waals surface area contributed by atoms with Crippen LogP contribution in [0.5, 0.6) is 0 Å². The maximum Gasteiger partial charge on any atom is 0.138 e. The fourth-order valence-electron chi connectivity index (χ4n) is 2.28. The zero-order chi connectivity index (χ0) is 12.4. The van der Waals surface area contributed by atoms with Crippen LogP contribution in [0.1, 0.15) is 12.8 Å². The molecule has 6 heteroatoms. The Kier molecular flexibility index (Phi) is 3.15. The molecule has 0 unspecified atom stereocenters. The number of ether oxygens (including phenoxy) is 1. The molecule has 0 aliphatic carbocycles. The van der Waals surface area contributed by atoms with E-state index in [-0.39, 0.29) is 5.54 Å². The van der Waals surface area contributed by atoms with Crippen LogP contribution in [-0.2, 0) is 4.74 Å². The van der Waals surface area contributed by atoms with Crippen molar-refractivity contribution in [2.75, 3.05) is 25.1 Å². The molecule has 5 nitrogen and oxygen atoms in total. The molecule has 96 valence electrons. The normalized spacial score (nSPS) is 18.9. The molecule has 3 N–H and O–H groups in total. The van der Waals surface area contributed by atoms with Crippen molar-refractivity contribution in [1.29, 1.82) is 0 Å². The van der Waals surface area contributed by atoms with Crippen LogP contribution >= 0.6 is 11.3 Å². The van der Waals surface area contributed by atoms with Crippen LogP contribution in [0.4, 0.5) is 5.82 Å². The zero-order valence-electron chi connectivity index (χ0n) is 10.1. The number of hydrogen-bond acceptors (Lipinski definition) is 6. The quantitative estimate of drug-likeness (QED) is 0.881. The first-order valence-corrected chi connectivity index (χ1v) is 6.95. The summed E-state index contributed by atoms with van der Waals surface area (Å²) in [6.07, 6.45) is 3.43. The highest BCUT2D eigenvalue weighted by molar-refractivity contribution is 7.16. The maximum absolute atomic E-state index is 5.95. The second-order valence-corrected chi connectivity index (χ2v) is 5.48. The Bertz CT molecular complexity index is 536. The van der Waals surface area contributed by atoms with Crippen molar-refractivity contribution in [3.8, 4) is 0 Å². The van der Waals surface area contributed by atoms with E-state index < -0.39 is 0 Å². The lowest BCUT2D eigenvalue weighted by Crippen LogP contribution is -2.49. The van der Waals surface area contributed by atoms with Crippen LogP contribution in [0.2, 0.25) is 0 Å². The lowest BCUT2D eigenvalue weighted by molar-refractivity contribution is 0.0627. The molecule has 0 radical (unpaired) electrons. The van der Waals surface area contributed by atoms with E-state index in [0.717, 1.165) is 42.1 Å². The molecule has 2 aromatic rings. The van der Waals surface area contributed by atoms with Crippen molar-refractivity contribution in [2.24, 2.45) is 5.73 Å². The number of nitrogens with zero attached hydrogens (tertiary/aromatic N) is 2. The van der Waals surface area contributed by atoms with Gasteiger partial charge in [0.25, 0.3) is 0 Å². The summed E-state index contributed by atoms with van der Waals surface area (Å²) in [4.78, 5) is 9.62. The molecule has 1 aliphatic rings. The van der Waals surface area contributed by atoms with Gasteiger partial charge in [-0.2, -0.15) is 0 Å². The highest BCUT2D eigenvalue weighted by Gasteiger charge is 2.31. The number of hydrogen-bond donors (Lipinski definition) is 2. The summed E-state index contributed by atoms with van der Waals surface area (Å²) in [5, 5.41) is 6.63. The summed E-state index contributed by atoms with van der Waals surface area (Å²) in [5.74, 6) is 0.883. The molecule has 0 bridgehead atoms. The number of aromatic nitrogens is 2. The van der Waals surface area contributed by atoms with Gasteiger partial charge in [0, 0.05) is 19.8 Å². The Balaban J connectivity index is 1.92. The average Bonchev–Trinajstić information content (AvgIpc) is 2.89. The molecule has 3 rings (SSSR count). The topological polar surface area (TPSA) is 73.1 Å². The number of anilines is 1. The number of thiophene rings is 1. The molecule has 0 saturated carbocycles. The van der Waals surface area contributed by atoms with Gasteiger partial charge in [0.05, 0.1) is 10.9 Å². The monoisotopic (exact) mass is 264 g/mol. The van der Waals surface area contributed by atoms with Crippen molar-refractivity contribution in [3.05, 3.63) is 17.8 Å². The summed E-state index contributed by atoms with van der Waals surface area (Å²) in [7, 11) is 0. The molecule has 0 amide bonds. The zero-order valence-corrected chi connectivity index (χ0v) is 10.9. The fraction of sp³-hybridized carbons (Fsp3) is 0.500. The first-order valence-electron chi connectivity index (χ1n) is 6.07. The molecule has 3 heterocycles. The van der Waals surface area contributed by atoms with Crippen molar-refractivity contribution in [3.63, 3.8) is 0 Å². The van der Waals surface area contributed by atoms with Gasteiger partial charge < -0.3 is 15.8 Å². The van der Waals surface area contributed by atoms with Gasteiger partial charge in [-0.3, -0.25) is 0 Å². The summed E-state index contributed by atoms with van der Waals surface area (Å²) in [5.41, 5.74) is 5.85. The highest BCUT2D eigenvalue weighted by atomic mass is 32.1. The number of nitrogens with one attached hydrogen (secondary N) is 1. The third-order valence-corrected chi connectivity index (χ3v) is 4.31. The standard InChI is InChI=1S/C12H16N4OS/c13-7-12(2-4-17-5-3-12)16-10-9-1-6-18-11(9)15-8-14-10/h1,6,8H,2-5,7,13H2,(H,14,15,16). The van der Waals surface area contributed by atoms with Gasteiger partial charge in [-0.25, -0.2) is 9.97 Å². The third-order valence-electron chi connectivity index (χ3n) is 3.49. The van der Waals surface area contributed by atoms with Crippen molar-refractivity contribution < 1.29 is 4.74 Å². The molecule has 0 atom stereocenters. The molecule has 1 saturated heterocycles. The van der Waals surface area contributed by atoms with Gasteiger partial charge in [-0.15, -0.1) is 11.3 Å². The molecule has 1 fully saturated rings. The van der Waals surface area contributed by atoms with E-state index in [1.54, 1.807) is 17.7 Å². The van der Waals surface area contributed by atoms with Crippen molar-refractivity contribution >= 4 is 27.4 Å². The predicted molar refractivity (Wildman–Crippen MR) is 72.9 cm³/mol. The minimum Gasteiger partial charge on any atom is -0.381 e. The van der Waals surface area contributed by atoms with Gasteiger partial charge in [0.2, 0.25) is 0 Å².